The quantitative estimate of drug-likeness (QED) is 0.482. The number of hydrogen-bond acceptors (Lipinski definition) is 4. The Kier molecular flexibility index (Phi) is 9.53. The summed E-state index contributed by atoms with van der Waals surface area (Å²) in [6.45, 7) is 8.18. The maximum Gasteiger partial charge on any atom is 0.407 e. The van der Waals surface area contributed by atoms with Gasteiger partial charge in [0.1, 0.15) is 5.60 Å². The number of alkyl carbamates (subject to hydrolysis) is 1. The van der Waals surface area contributed by atoms with Crippen molar-refractivity contribution in [1.29, 1.82) is 0 Å². The second kappa shape index (κ2) is 10.3. The summed E-state index contributed by atoms with van der Waals surface area (Å²) in [5.74, 6) is 0. The van der Waals surface area contributed by atoms with Crippen LogP contribution in [0.5, 0.6) is 0 Å². The van der Waals surface area contributed by atoms with Gasteiger partial charge in [0.05, 0.1) is 0 Å². The Hall–Kier alpha value is -1.50. The molecule has 0 aromatic carbocycles. The average molecular weight is 289 g/mol. The fourth-order valence-corrected chi connectivity index (χ4v) is 1.41. The van der Waals surface area contributed by atoms with Gasteiger partial charge in [0.2, 0.25) is 0 Å². The van der Waals surface area contributed by atoms with Gasteiger partial charge in [-0.15, -0.1) is 0 Å². The number of carboxylic acid groups (broad SMARTS) is 1. The first-order chi connectivity index (χ1) is 9.31. The molecule has 118 valence electrons. The highest BCUT2D eigenvalue weighted by Crippen LogP contribution is 2.06. The zero-order chi connectivity index (χ0) is 15.4. The van der Waals surface area contributed by atoms with Crippen molar-refractivity contribution in [2.24, 2.45) is 0 Å². The molecule has 0 radical (unpaired) electrons. The number of carbonyl (C=O) groups excluding carboxylic acids is 1. The largest absolute Gasteiger partial charge is 0.465 e. The molecule has 0 aromatic heterocycles. The summed E-state index contributed by atoms with van der Waals surface area (Å²) in [6.07, 6.45) is 1.19. The zero-order valence-corrected chi connectivity index (χ0v) is 12.6. The third kappa shape index (κ3) is 14.6. The van der Waals surface area contributed by atoms with Crippen molar-refractivity contribution in [3.05, 3.63) is 0 Å². The lowest BCUT2D eigenvalue weighted by Crippen LogP contribution is -2.34. The topological polar surface area (TPSA) is 99.7 Å². The van der Waals surface area contributed by atoms with E-state index in [1.165, 1.54) is 0 Å². The van der Waals surface area contributed by atoms with E-state index in [0.29, 0.717) is 13.1 Å². The van der Waals surface area contributed by atoms with E-state index in [1.54, 1.807) is 0 Å². The summed E-state index contributed by atoms with van der Waals surface area (Å²) in [6, 6.07) is 0. The molecule has 0 saturated carbocycles. The van der Waals surface area contributed by atoms with E-state index in [4.69, 9.17) is 9.84 Å². The fourth-order valence-electron chi connectivity index (χ4n) is 1.41. The van der Waals surface area contributed by atoms with E-state index in [9.17, 15) is 9.59 Å². The molecule has 2 amide bonds. The minimum atomic E-state index is -0.980. The van der Waals surface area contributed by atoms with Crippen molar-refractivity contribution in [2.45, 2.75) is 45.6 Å². The van der Waals surface area contributed by atoms with Crippen molar-refractivity contribution >= 4 is 12.2 Å². The Labute approximate surface area is 120 Å². The summed E-state index contributed by atoms with van der Waals surface area (Å²) < 4.78 is 5.10. The third-order valence-corrected chi connectivity index (χ3v) is 2.26. The molecule has 0 aliphatic rings. The van der Waals surface area contributed by atoms with Crippen LogP contribution in [-0.2, 0) is 4.74 Å². The van der Waals surface area contributed by atoms with E-state index in [2.05, 4.69) is 16.0 Å². The molecule has 4 N–H and O–H groups in total. The molecule has 7 nitrogen and oxygen atoms in total. The lowest BCUT2D eigenvalue weighted by molar-refractivity contribution is 0.0527. The predicted octanol–water partition coefficient (Wildman–Crippen LogP) is 1.54. The van der Waals surface area contributed by atoms with Crippen molar-refractivity contribution < 1.29 is 19.4 Å². The highest BCUT2D eigenvalue weighted by Gasteiger charge is 2.15. The van der Waals surface area contributed by atoms with Crippen LogP contribution in [0, 0.1) is 0 Å². The number of amides is 2. The zero-order valence-electron chi connectivity index (χ0n) is 12.6. The molecule has 0 unspecified atom stereocenters. The number of rotatable bonds is 9. The second-order valence-electron chi connectivity index (χ2n) is 5.47. The predicted molar refractivity (Wildman–Crippen MR) is 77.0 cm³/mol. The van der Waals surface area contributed by atoms with Gasteiger partial charge in [-0.2, -0.15) is 0 Å². The Balaban J connectivity index is 3.25. The minimum Gasteiger partial charge on any atom is -0.465 e. The maximum atomic E-state index is 11.3. The van der Waals surface area contributed by atoms with E-state index in [-0.39, 0.29) is 0 Å². The third-order valence-electron chi connectivity index (χ3n) is 2.26. The molecule has 7 heteroatoms. The van der Waals surface area contributed by atoms with Crippen molar-refractivity contribution in [2.75, 3.05) is 26.2 Å². The van der Waals surface area contributed by atoms with Gasteiger partial charge in [-0.05, 0) is 53.1 Å². The normalized spacial score (nSPS) is 10.9. The fraction of sp³-hybridized carbons (Fsp3) is 0.846. The van der Waals surface area contributed by atoms with Crippen LogP contribution in [0.25, 0.3) is 0 Å². The second-order valence-corrected chi connectivity index (χ2v) is 5.47. The van der Waals surface area contributed by atoms with Crippen molar-refractivity contribution in [1.82, 2.24) is 16.0 Å². The molecular formula is C13H27N3O4. The molecule has 0 aliphatic carbocycles. The molecule has 0 fully saturated rings. The molecule has 0 aliphatic heterocycles. The maximum absolute atomic E-state index is 11.3. The molecule has 0 atom stereocenters. The Morgan fingerprint density at radius 1 is 0.950 bits per heavy atom. The number of nitrogens with one attached hydrogen (secondary N) is 3. The standard InChI is InChI=1S/C13H27N3O4/c1-13(2,3)20-12(19)16-10-6-8-14-7-4-5-9-15-11(17)18/h14-15H,4-10H2,1-3H3,(H,16,19)(H,17,18). The summed E-state index contributed by atoms with van der Waals surface area (Å²) in [5, 5.41) is 16.6. The van der Waals surface area contributed by atoms with Gasteiger partial charge in [-0.25, -0.2) is 9.59 Å². The van der Waals surface area contributed by atoms with Crippen LogP contribution in [-0.4, -0.2) is 49.1 Å². The van der Waals surface area contributed by atoms with Gasteiger partial charge >= 0.3 is 12.2 Å². The number of carbonyl (C=O) groups is 2. The number of unbranched alkanes of at least 4 members (excludes halogenated alkanes) is 1. The minimum absolute atomic E-state index is 0.391. The first-order valence-electron chi connectivity index (χ1n) is 6.95. The monoisotopic (exact) mass is 289 g/mol. The molecule has 0 spiro atoms. The number of hydrogen-bond donors (Lipinski definition) is 4. The lowest BCUT2D eigenvalue weighted by atomic mass is 10.2. The van der Waals surface area contributed by atoms with Crippen LogP contribution < -0.4 is 16.0 Å². The number of ether oxygens (including phenoxy) is 1. The van der Waals surface area contributed by atoms with E-state index in [0.717, 1.165) is 32.4 Å². The molecule has 0 saturated heterocycles. The Morgan fingerprint density at radius 3 is 2.10 bits per heavy atom. The van der Waals surface area contributed by atoms with Crippen LogP contribution in [0.1, 0.15) is 40.0 Å². The van der Waals surface area contributed by atoms with Crippen LogP contribution >= 0.6 is 0 Å². The van der Waals surface area contributed by atoms with Crippen LogP contribution in [0.3, 0.4) is 0 Å². The van der Waals surface area contributed by atoms with E-state index >= 15 is 0 Å². The summed E-state index contributed by atoms with van der Waals surface area (Å²) in [5.41, 5.74) is -0.466. The first kappa shape index (κ1) is 18.5. The summed E-state index contributed by atoms with van der Waals surface area (Å²) in [4.78, 5) is 21.5. The van der Waals surface area contributed by atoms with Crippen molar-refractivity contribution in [3.8, 4) is 0 Å². The summed E-state index contributed by atoms with van der Waals surface area (Å²) >= 11 is 0. The first-order valence-corrected chi connectivity index (χ1v) is 6.95. The van der Waals surface area contributed by atoms with Gasteiger partial charge in [0.15, 0.2) is 0 Å². The van der Waals surface area contributed by atoms with Gasteiger partial charge in [0, 0.05) is 13.1 Å². The van der Waals surface area contributed by atoms with Gasteiger partial charge < -0.3 is 25.8 Å². The van der Waals surface area contributed by atoms with Gasteiger partial charge in [-0.1, -0.05) is 0 Å². The highest BCUT2D eigenvalue weighted by atomic mass is 16.6. The smallest absolute Gasteiger partial charge is 0.407 e. The van der Waals surface area contributed by atoms with E-state index < -0.39 is 17.8 Å². The van der Waals surface area contributed by atoms with Crippen LogP contribution in [0.2, 0.25) is 0 Å². The molecule has 0 rings (SSSR count). The average Bonchev–Trinajstić information content (AvgIpc) is 2.28. The molecule has 0 bridgehead atoms. The molecular weight excluding hydrogens is 262 g/mol. The highest BCUT2D eigenvalue weighted by molar-refractivity contribution is 5.67. The van der Waals surface area contributed by atoms with Crippen LogP contribution in [0.15, 0.2) is 0 Å². The lowest BCUT2D eigenvalue weighted by Gasteiger charge is -2.19. The van der Waals surface area contributed by atoms with E-state index in [1.807, 2.05) is 20.8 Å². The van der Waals surface area contributed by atoms with Crippen molar-refractivity contribution in [3.63, 3.8) is 0 Å². The van der Waals surface area contributed by atoms with Gasteiger partial charge in [0.25, 0.3) is 0 Å². The Morgan fingerprint density at radius 2 is 1.50 bits per heavy atom. The molecule has 0 aromatic rings. The van der Waals surface area contributed by atoms with Crippen LogP contribution in [0.4, 0.5) is 9.59 Å². The molecule has 0 heterocycles. The van der Waals surface area contributed by atoms with Gasteiger partial charge in [-0.3, -0.25) is 0 Å². The Bertz CT molecular complexity index is 290. The molecule has 20 heavy (non-hydrogen) atoms. The summed E-state index contributed by atoms with van der Waals surface area (Å²) in [7, 11) is 0. The SMILES string of the molecule is CC(C)(C)OC(=O)NCCCNCCCCNC(=O)O.